The molecule has 0 saturated carbocycles. The van der Waals surface area contributed by atoms with Crippen LogP contribution in [-0.2, 0) is 28.6 Å². The van der Waals surface area contributed by atoms with Crippen molar-refractivity contribution in [1.29, 1.82) is 0 Å². The zero-order valence-corrected chi connectivity index (χ0v) is 17.3. The maximum Gasteiger partial charge on any atom is 0.334 e. The van der Waals surface area contributed by atoms with E-state index in [9.17, 15) is 24.6 Å². The number of Topliss-reactive ketones (excluding diaryl/α,β-unsaturated/α-hetero) is 1. The largest absolute Gasteiger partial charge is 0.457 e. The van der Waals surface area contributed by atoms with E-state index in [1.807, 2.05) is 0 Å². The Bertz CT molecular complexity index is 622. The summed E-state index contributed by atoms with van der Waals surface area (Å²) in [5.41, 5.74) is -0.873. The predicted octanol–water partition coefficient (Wildman–Crippen LogP) is 0.222. The average Bonchev–Trinajstić information content (AvgIpc) is 2.52. The van der Waals surface area contributed by atoms with Crippen molar-refractivity contribution in [3.63, 3.8) is 0 Å². The lowest BCUT2D eigenvalue weighted by Gasteiger charge is -2.42. The first-order chi connectivity index (χ1) is 12.6. The number of hydrogen-bond donors (Lipinski definition) is 3. The molecule has 0 aromatic rings. The van der Waals surface area contributed by atoms with Crippen LogP contribution in [0.1, 0.15) is 48.0 Å². The van der Waals surface area contributed by atoms with Crippen LogP contribution in [0.2, 0.25) is 0 Å². The first-order valence-corrected chi connectivity index (χ1v) is 9.02. The zero-order chi connectivity index (χ0) is 21.9. The highest BCUT2D eigenvalue weighted by Gasteiger charge is 2.44. The lowest BCUT2D eigenvalue weighted by atomic mass is 9.93. The second-order valence-electron chi connectivity index (χ2n) is 8.28. The Balaban J connectivity index is 2.94. The van der Waals surface area contributed by atoms with Gasteiger partial charge in [-0.3, -0.25) is 9.59 Å². The topological polar surface area (TPSA) is 131 Å². The van der Waals surface area contributed by atoms with Crippen LogP contribution >= 0.6 is 0 Å². The first-order valence-electron chi connectivity index (χ1n) is 9.02. The fourth-order valence-electron chi connectivity index (χ4n) is 2.63. The van der Waals surface area contributed by atoms with E-state index in [4.69, 9.17) is 14.2 Å². The van der Waals surface area contributed by atoms with Crippen LogP contribution in [0.25, 0.3) is 0 Å². The normalized spacial score (nSPS) is 24.0. The van der Waals surface area contributed by atoms with Gasteiger partial charge in [-0.05, 0) is 34.6 Å². The van der Waals surface area contributed by atoms with Gasteiger partial charge in [0.15, 0.2) is 11.6 Å². The minimum atomic E-state index is -1.57. The highest BCUT2D eigenvalue weighted by atomic mass is 16.7. The summed E-state index contributed by atoms with van der Waals surface area (Å²) >= 11 is 0. The molecule has 1 fully saturated rings. The summed E-state index contributed by atoms with van der Waals surface area (Å²) in [6.07, 6.45) is -4.40. The van der Waals surface area contributed by atoms with Crippen molar-refractivity contribution in [2.24, 2.45) is 0 Å². The van der Waals surface area contributed by atoms with Crippen molar-refractivity contribution in [3.8, 4) is 0 Å². The van der Waals surface area contributed by atoms with Gasteiger partial charge in [0, 0.05) is 18.9 Å². The Morgan fingerprint density at radius 1 is 1.32 bits per heavy atom. The number of ketones is 1. The number of carbonyl (C=O) groups is 3. The maximum atomic E-state index is 12.7. The van der Waals surface area contributed by atoms with Gasteiger partial charge in [0.2, 0.25) is 5.91 Å². The summed E-state index contributed by atoms with van der Waals surface area (Å²) in [6.45, 7) is 12.8. The van der Waals surface area contributed by atoms with Crippen LogP contribution < -0.4 is 5.32 Å². The van der Waals surface area contributed by atoms with Gasteiger partial charge < -0.3 is 29.7 Å². The summed E-state index contributed by atoms with van der Waals surface area (Å²) in [4.78, 5) is 36.3. The molecule has 1 aliphatic heterocycles. The van der Waals surface area contributed by atoms with Gasteiger partial charge in [0.25, 0.3) is 0 Å². The van der Waals surface area contributed by atoms with E-state index in [1.165, 1.54) is 6.92 Å². The molecule has 0 bridgehead atoms. The molecule has 1 heterocycles. The molecular formula is C19H31NO8. The number of aliphatic hydroxyl groups excluding tert-OH is 2. The third kappa shape index (κ3) is 7.31. The van der Waals surface area contributed by atoms with Crippen molar-refractivity contribution in [2.75, 3.05) is 6.61 Å². The fraction of sp³-hybridized carbons (Fsp3) is 0.737. The van der Waals surface area contributed by atoms with Gasteiger partial charge in [-0.1, -0.05) is 6.58 Å². The van der Waals surface area contributed by atoms with Gasteiger partial charge in [-0.25, -0.2) is 4.79 Å². The smallest absolute Gasteiger partial charge is 0.334 e. The quantitative estimate of drug-likeness (QED) is 0.408. The van der Waals surface area contributed by atoms with Crippen LogP contribution in [0.5, 0.6) is 0 Å². The van der Waals surface area contributed by atoms with Crippen LogP contribution in [0, 0.1) is 0 Å². The molecule has 0 radical (unpaired) electrons. The summed E-state index contributed by atoms with van der Waals surface area (Å²) in [6, 6.07) is -1.41. The van der Waals surface area contributed by atoms with E-state index in [-0.39, 0.29) is 12.2 Å². The molecule has 28 heavy (non-hydrogen) atoms. The minimum Gasteiger partial charge on any atom is -0.457 e. The van der Waals surface area contributed by atoms with Gasteiger partial charge in [0.05, 0.1) is 6.61 Å². The molecule has 0 aromatic heterocycles. The molecule has 160 valence electrons. The number of hydrogen-bond acceptors (Lipinski definition) is 8. The Morgan fingerprint density at radius 3 is 2.39 bits per heavy atom. The number of rotatable bonds is 7. The standard InChI is InChI=1S/C19H31NO8/c1-10(17(25)28-18(3,4)5)8-12(22)14(20-11(2)21)15(24)16-13(23)9-26-19(6,7)27-16/h13-16,23-24H,1,8-9H2,2-7H3,(H,20,21)/t13?,14?,15?,16-/m1/s1. The van der Waals surface area contributed by atoms with Gasteiger partial charge >= 0.3 is 5.97 Å². The molecular weight excluding hydrogens is 370 g/mol. The second-order valence-corrected chi connectivity index (χ2v) is 8.28. The number of ether oxygens (including phenoxy) is 3. The van der Waals surface area contributed by atoms with Crippen LogP contribution in [-0.4, -0.2) is 70.2 Å². The monoisotopic (exact) mass is 401 g/mol. The summed E-state index contributed by atoms with van der Waals surface area (Å²) in [7, 11) is 0. The number of carbonyl (C=O) groups excluding carboxylic acids is 3. The Labute approximate surface area is 165 Å². The Morgan fingerprint density at radius 2 is 1.89 bits per heavy atom. The van der Waals surface area contributed by atoms with Gasteiger partial charge in [-0.2, -0.15) is 0 Å². The average molecular weight is 401 g/mol. The van der Waals surface area contributed by atoms with E-state index in [0.29, 0.717) is 0 Å². The number of nitrogens with one attached hydrogen (secondary N) is 1. The SMILES string of the molecule is C=C(CC(=O)C(NC(C)=O)C(O)[C@@H]1OC(C)(C)OCC1O)C(=O)OC(C)(C)C. The predicted molar refractivity (Wildman–Crippen MR) is 99.1 cm³/mol. The highest BCUT2D eigenvalue weighted by Crippen LogP contribution is 2.26. The molecule has 4 atom stereocenters. The van der Waals surface area contributed by atoms with Crippen molar-refractivity contribution < 1.29 is 38.8 Å². The molecule has 1 rings (SSSR count). The molecule has 0 aliphatic carbocycles. The molecule has 0 aromatic carbocycles. The van der Waals surface area contributed by atoms with Crippen molar-refractivity contribution >= 4 is 17.7 Å². The second kappa shape index (κ2) is 9.13. The van der Waals surface area contributed by atoms with Crippen molar-refractivity contribution in [2.45, 2.75) is 83.7 Å². The molecule has 3 N–H and O–H groups in total. The third-order valence-electron chi connectivity index (χ3n) is 3.86. The van der Waals surface area contributed by atoms with Crippen LogP contribution in [0.15, 0.2) is 12.2 Å². The zero-order valence-electron chi connectivity index (χ0n) is 17.3. The lowest BCUT2D eigenvalue weighted by molar-refractivity contribution is -0.319. The van der Waals surface area contributed by atoms with E-state index in [1.54, 1.807) is 34.6 Å². The van der Waals surface area contributed by atoms with Crippen molar-refractivity contribution in [1.82, 2.24) is 5.32 Å². The Hall–Kier alpha value is -1.81. The van der Waals surface area contributed by atoms with Crippen molar-refractivity contribution in [3.05, 3.63) is 12.2 Å². The van der Waals surface area contributed by atoms with Crippen LogP contribution in [0.4, 0.5) is 0 Å². The van der Waals surface area contributed by atoms with E-state index in [0.717, 1.165) is 0 Å². The van der Waals surface area contributed by atoms with Crippen LogP contribution in [0.3, 0.4) is 0 Å². The summed E-state index contributed by atoms with van der Waals surface area (Å²) in [5, 5.41) is 23.1. The molecule has 1 amide bonds. The van der Waals surface area contributed by atoms with E-state index < -0.39 is 59.8 Å². The lowest BCUT2D eigenvalue weighted by Crippen LogP contribution is -2.61. The van der Waals surface area contributed by atoms with E-state index >= 15 is 0 Å². The maximum absolute atomic E-state index is 12.7. The highest BCUT2D eigenvalue weighted by molar-refractivity contribution is 5.98. The van der Waals surface area contributed by atoms with Gasteiger partial charge in [0.1, 0.15) is 30.0 Å². The molecule has 1 saturated heterocycles. The molecule has 3 unspecified atom stereocenters. The fourth-order valence-corrected chi connectivity index (χ4v) is 2.63. The van der Waals surface area contributed by atoms with Gasteiger partial charge in [-0.15, -0.1) is 0 Å². The number of esters is 1. The van der Waals surface area contributed by atoms with E-state index in [2.05, 4.69) is 11.9 Å². The number of amides is 1. The third-order valence-corrected chi connectivity index (χ3v) is 3.86. The summed E-state index contributed by atoms with van der Waals surface area (Å²) < 4.78 is 16.0. The Kier molecular flexibility index (Phi) is 7.90. The minimum absolute atomic E-state index is 0.111. The molecule has 9 heteroatoms. The molecule has 1 aliphatic rings. The summed E-state index contributed by atoms with van der Waals surface area (Å²) in [5.74, 6) is -3.07. The number of aliphatic hydroxyl groups is 2. The molecule has 0 spiro atoms. The molecule has 9 nitrogen and oxygen atoms in total. The first kappa shape index (κ1) is 24.2.